The zero-order valence-electron chi connectivity index (χ0n) is 12.3. The number of benzene rings is 1. The van der Waals surface area contributed by atoms with Gasteiger partial charge in [0.25, 0.3) is 5.91 Å². The molecule has 0 aliphatic rings. The molecule has 0 radical (unpaired) electrons. The van der Waals surface area contributed by atoms with Gasteiger partial charge in [0.05, 0.1) is 5.02 Å². The fourth-order valence-electron chi connectivity index (χ4n) is 1.63. The lowest BCUT2D eigenvalue weighted by molar-refractivity contribution is -0.124. The second-order valence-corrected chi connectivity index (χ2v) is 5.78. The van der Waals surface area contributed by atoms with Crippen molar-refractivity contribution in [1.82, 2.24) is 5.32 Å². The van der Waals surface area contributed by atoms with Crippen molar-refractivity contribution in [3.8, 4) is 5.75 Å². The highest BCUT2D eigenvalue weighted by atomic mass is 35.5. The lowest BCUT2D eigenvalue weighted by Gasteiger charge is -2.24. The molecule has 0 aromatic heterocycles. The second-order valence-electron chi connectivity index (χ2n) is 5.38. The monoisotopic (exact) mass is 298 g/mol. The molecule has 0 spiro atoms. The average Bonchev–Trinajstić information content (AvgIpc) is 2.37. The van der Waals surface area contributed by atoms with Crippen molar-refractivity contribution in [2.24, 2.45) is 5.73 Å². The van der Waals surface area contributed by atoms with Crippen molar-refractivity contribution in [3.63, 3.8) is 0 Å². The summed E-state index contributed by atoms with van der Waals surface area (Å²) in [6.45, 7) is 6.50. The average molecular weight is 299 g/mol. The van der Waals surface area contributed by atoms with Crippen LogP contribution in [0.15, 0.2) is 18.2 Å². The van der Waals surface area contributed by atoms with Crippen molar-refractivity contribution in [2.45, 2.75) is 39.2 Å². The first kappa shape index (κ1) is 16.8. The number of ether oxygens (including phenoxy) is 1. The first-order valence-electron chi connectivity index (χ1n) is 6.80. The number of carbonyl (C=O) groups excluding carboxylic acids is 1. The zero-order chi connectivity index (χ0) is 15.2. The van der Waals surface area contributed by atoms with Crippen LogP contribution in [0.1, 0.15) is 32.8 Å². The predicted molar refractivity (Wildman–Crippen MR) is 82.2 cm³/mol. The maximum Gasteiger partial charge on any atom is 0.258 e. The minimum atomic E-state index is -0.227. The molecule has 0 aliphatic heterocycles. The fourth-order valence-corrected chi connectivity index (χ4v) is 1.89. The van der Waals surface area contributed by atoms with Gasteiger partial charge in [0.2, 0.25) is 0 Å². The van der Waals surface area contributed by atoms with Gasteiger partial charge in [-0.2, -0.15) is 0 Å². The number of nitrogens with two attached hydrogens (primary N) is 1. The van der Waals surface area contributed by atoms with Gasteiger partial charge < -0.3 is 15.8 Å². The van der Waals surface area contributed by atoms with E-state index in [2.05, 4.69) is 5.32 Å². The van der Waals surface area contributed by atoms with Crippen LogP contribution in [0.25, 0.3) is 0 Å². The standard InChI is InChI=1S/C15H23ClN2O2/c1-4-15(2,3)18-14(19)10-20-13-6-5-11(7-8-17)9-12(13)16/h5-6,9H,4,7-8,10,17H2,1-3H3,(H,18,19). The molecule has 0 aliphatic carbocycles. The Balaban J connectivity index is 2.55. The third-order valence-electron chi connectivity index (χ3n) is 3.15. The van der Waals surface area contributed by atoms with Crippen molar-refractivity contribution < 1.29 is 9.53 Å². The molecule has 0 atom stereocenters. The van der Waals surface area contributed by atoms with E-state index in [0.717, 1.165) is 18.4 Å². The van der Waals surface area contributed by atoms with Gasteiger partial charge in [-0.1, -0.05) is 24.6 Å². The van der Waals surface area contributed by atoms with E-state index >= 15 is 0 Å². The van der Waals surface area contributed by atoms with Crippen molar-refractivity contribution in [1.29, 1.82) is 0 Å². The summed E-state index contributed by atoms with van der Waals surface area (Å²) in [7, 11) is 0. The number of amides is 1. The Bertz CT molecular complexity index is 461. The molecule has 0 fully saturated rings. The molecule has 112 valence electrons. The predicted octanol–water partition coefficient (Wildman–Crippen LogP) is 2.52. The van der Waals surface area contributed by atoms with Gasteiger partial charge in [-0.05, 0) is 50.9 Å². The summed E-state index contributed by atoms with van der Waals surface area (Å²) in [6, 6.07) is 5.49. The molecule has 1 aromatic carbocycles. The van der Waals surface area contributed by atoms with Crippen LogP contribution in [0.5, 0.6) is 5.75 Å². The molecule has 5 heteroatoms. The summed E-state index contributed by atoms with van der Waals surface area (Å²) in [6.07, 6.45) is 1.62. The minimum Gasteiger partial charge on any atom is -0.482 e. The second kappa shape index (κ2) is 7.50. The van der Waals surface area contributed by atoms with Crippen molar-refractivity contribution >= 4 is 17.5 Å². The molecule has 1 aromatic rings. The lowest BCUT2D eigenvalue weighted by Crippen LogP contribution is -2.44. The third kappa shape index (κ3) is 5.39. The molecule has 0 heterocycles. The Kier molecular flexibility index (Phi) is 6.30. The molecule has 0 saturated carbocycles. The summed E-state index contributed by atoms with van der Waals surface area (Å²) in [5.41, 5.74) is 6.32. The zero-order valence-corrected chi connectivity index (χ0v) is 13.1. The van der Waals surface area contributed by atoms with Crippen LogP contribution < -0.4 is 15.8 Å². The Labute approximate surface area is 125 Å². The Morgan fingerprint density at radius 2 is 2.15 bits per heavy atom. The van der Waals surface area contributed by atoms with Gasteiger partial charge in [0.15, 0.2) is 6.61 Å². The maximum atomic E-state index is 11.8. The summed E-state index contributed by atoms with van der Waals surface area (Å²) in [5, 5.41) is 3.40. The largest absolute Gasteiger partial charge is 0.482 e. The number of hydrogen-bond acceptors (Lipinski definition) is 3. The van der Waals surface area contributed by atoms with E-state index in [1.54, 1.807) is 6.07 Å². The topological polar surface area (TPSA) is 64.3 Å². The van der Waals surface area contributed by atoms with E-state index in [0.29, 0.717) is 17.3 Å². The van der Waals surface area contributed by atoms with Crippen LogP contribution in [0.2, 0.25) is 5.02 Å². The van der Waals surface area contributed by atoms with Crippen LogP contribution in [-0.2, 0) is 11.2 Å². The quantitative estimate of drug-likeness (QED) is 0.813. The van der Waals surface area contributed by atoms with Crippen LogP contribution in [0.3, 0.4) is 0 Å². The highest BCUT2D eigenvalue weighted by molar-refractivity contribution is 6.32. The molecule has 0 unspecified atom stereocenters. The SMILES string of the molecule is CCC(C)(C)NC(=O)COc1ccc(CCN)cc1Cl. The van der Waals surface area contributed by atoms with Gasteiger partial charge >= 0.3 is 0 Å². The van der Waals surface area contributed by atoms with E-state index in [9.17, 15) is 4.79 Å². The van der Waals surface area contributed by atoms with Crippen LogP contribution >= 0.6 is 11.6 Å². The van der Waals surface area contributed by atoms with Gasteiger partial charge in [-0.3, -0.25) is 4.79 Å². The molecule has 1 amide bonds. The van der Waals surface area contributed by atoms with Gasteiger partial charge in [0.1, 0.15) is 5.75 Å². The molecule has 3 N–H and O–H groups in total. The number of rotatable bonds is 7. The van der Waals surface area contributed by atoms with E-state index in [1.165, 1.54) is 0 Å². The number of carbonyl (C=O) groups is 1. The molecule has 20 heavy (non-hydrogen) atoms. The van der Waals surface area contributed by atoms with E-state index in [-0.39, 0.29) is 18.1 Å². The van der Waals surface area contributed by atoms with E-state index in [1.807, 2.05) is 32.9 Å². The minimum absolute atomic E-state index is 0.0423. The summed E-state index contributed by atoms with van der Waals surface area (Å²) >= 11 is 6.11. The number of hydrogen-bond donors (Lipinski definition) is 2. The van der Waals surface area contributed by atoms with E-state index in [4.69, 9.17) is 22.1 Å². The van der Waals surface area contributed by atoms with Crippen molar-refractivity contribution in [3.05, 3.63) is 28.8 Å². The molecular formula is C15H23ClN2O2. The summed E-state index contributed by atoms with van der Waals surface area (Å²) < 4.78 is 5.45. The van der Waals surface area contributed by atoms with Gasteiger partial charge in [-0.15, -0.1) is 0 Å². The molecule has 0 bridgehead atoms. The number of halogens is 1. The first-order chi connectivity index (χ1) is 9.38. The first-order valence-corrected chi connectivity index (χ1v) is 7.18. The molecule has 4 nitrogen and oxygen atoms in total. The highest BCUT2D eigenvalue weighted by Crippen LogP contribution is 2.25. The molecule has 1 rings (SSSR count). The normalized spacial score (nSPS) is 11.2. The van der Waals surface area contributed by atoms with E-state index < -0.39 is 0 Å². The fraction of sp³-hybridized carbons (Fsp3) is 0.533. The van der Waals surface area contributed by atoms with Gasteiger partial charge in [-0.25, -0.2) is 0 Å². The van der Waals surface area contributed by atoms with Crippen molar-refractivity contribution in [2.75, 3.05) is 13.2 Å². The molecule has 0 saturated heterocycles. The summed E-state index contributed by atoms with van der Waals surface area (Å²) in [5.74, 6) is 0.357. The van der Waals surface area contributed by atoms with Crippen LogP contribution in [-0.4, -0.2) is 24.6 Å². The van der Waals surface area contributed by atoms with Crippen LogP contribution in [0, 0.1) is 0 Å². The maximum absolute atomic E-state index is 11.8. The van der Waals surface area contributed by atoms with Gasteiger partial charge in [0, 0.05) is 5.54 Å². The summed E-state index contributed by atoms with van der Waals surface area (Å²) in [4.78, 5) is 11.8. The lowest BCUT2D eigenvalue weighted by atomic mass is 10.0. The Morgan fingerprint density at radius 1 is 1.45 bits per heavy atom. The molecular weight excluding hydrogens is 276 g/mol. The Morgan fingerprint density at radius 3 is 2.70 bits per heavy atom. The number of nitrogens with one attached hydrogen (secondary N) is 1. The Hall–Kier alpha value is -1.26. The van der Waals surface area contributed by atoms with Crippen LogP contribution in [0.4, 0.5) is 0 Å². The highest BCUT2D eigenvalue weighted by Gasteiger charge is 2.18. The smallest absolute Gasteiger partial charge is 0.258 e. The third-order valence-corrected chi connectivity index (χ3v) is 3.45.